The van der Waals surface area contributed by atoms with E-state index in [0.29, 0.717) is 12.1 Å². The number of carbonyl (C=O) groups is 2. The number of carbonyl (C=O) groups excluding carboxylic acids is 2. The van der Waals surface area contributed by atoms with Crippen LogP contribution in [0.1, 0.15) is 20.8 Å². The van der Waals surface area contributed by atoms with Crippen LogP contribution in [0.4, 0.5) is 0 Å². The molecule has 0 aliphatic rings. The Labute approximate surface area is 99.8 Å². The molecule has 1 aromatic heterocycles. The number of nitrogens with one attached hydrogen (secondary N) is 1. The zero-order valence-electron chi connectivity index (χ0n) is 9.93. The van der Waals surface area contributed by atoms with Crippen molar-refractivity contribution in [1.29, 1.82) is 0 Å². The molecular formula is C11H16N4O2. The van der Waals surface area contributed by atoms with Gasteiger partial charge in [0.1, 0.15) is 5.69 Å². The first-order chi connectivity index (χ1) is 8.00. The number of hydrogen-bond donors (Lipinski definition) is 2. The number of aromatic nitrogens is 1. The zero-order chi connectivity index (χ0) is 12.8. The summed E-state index contributed by atoms with van der Waals surface area (Å²) >= 11 is 0. The second-order valence-electron chi connectivity index (χ2n) is 3.86. The first-order valence-electron chi connectivity index (χ1n) is 5.19. The Morgan fingerprint density at radius 1 is 1.41 bits per heavy atom. The van der Waals surface area contributed by atoms with E-state index in [1.165, 1.54) is 18.3 Å². The number of likely N-dealkylation sites (N-methyl/N-ethyl adjacent to an activating group) is 1. The highest BCUT2D eigenvalue weighted by molar-refractivity contribution is 5.95. The van der Waals surface area contributed by atoms with Gasteiger partial charge in [-0.1, -0.05) is 0 Å². The molecule has 0 spiro atoms. The van der Waals surface area contributed by atoms with Crippen LogP contribution in [0.3, 0.4) is 0 Å². The van der Waals surface area contributed by atoms with Gasteiger partial charge in [0.15, 0.2) is 0 Å². The second kappa shape index (κ2) is 5.95. The first kappa shape index (κ1) is 13.1. The molecule has 1 heterocycles. The van der Waals surface area contributed by atoms with Gasteiger partial charge in [0, 0.05) is 19.3 Å². The lowest BCUT2D eigenvalue weighted by atomic mass is 10.2. The standard InChI is InChI=1S/C11H16N4O2/c1-15(2)6-5-13-11(17)8-3-4-9(10(12)16)14-7-8/h3-4,7H,5-6H2,1-2H3,(H2,12,16)(H,13,17). The molecule has 6 heteroatoms. The van der Waals surface area contributed by atoms with Gasteiger partial charge in [-0.25, -0.2) is 0 Å². The Kier molecular flexibility index (Phi) is 4.59. The topological polar surface area (TPSA) is 88.3 Å². The highest BCUT2D eigenvalue weighted by atomic mass is 16.2. The van der Waals surface area contributed by atoms with Gasteiger partial charge in [0.25, 0.3) is 11.8 Å². The molecule has 0 bridgehead atoms. The first-order valence-corrected chi connectivity index (χ1v) is 5.19. The van der Waals surface area contributed by atoms with Crippen molar-refractivity contribution in [2.75, 3.05) is 27.2 Å². The monoisotopic (exact) mass is 236 g/mol. The fourth-order valence-corrected chi connectivity index (χ4v) is 1.17. The summed E-state index contributed by atoms with van der Waals surface area (Å²) in [5.41, 5.74) is 5.60. The minimum atomic E-state index is -0.607. The summed E-state index contributed by atoms with van der Waals surface area (Å²) in [4.78, 5) is 28.2. The van der Waals surface area contributed by atoms with E-state index in [1.54, 1.807) is 0 Å². The second-order valence-corrected chi connectivity index (χ2v) is 3.86. The van der Waals surface area contributed by atoms with E-state index in [9.17, 15) is 9.59 Å². The average molecular weight is 236 g/mol. The highest BCUT2D eigenvalue weighted by Gasteiger charge is 2.07. The maximum Gasteiger partial charge on any atom is 0.267 e. The minimum absolute atomic E-state index is 0.148. The number of nitrogens with zero attached hydrogens (tertiary/aromatic N) is 2. The van der Waals surface area contributed by atoms with E-state index < -0.39 is 5.91 Å². The molecule has 0 aliphatic carbocycles. The van der Waals surface area contributed by atoms with Gasteiger partial charge in [-0.2, -0.15) is 0 Å². The third-order valence-corrected chi connectivity index (χ3v) is 2.12. The van der Waals surface area contributed by atoms with Crippen molar-refractivity contribution in [3.8, 4) is 0 Å². The van der Waals surface area contributed by atoms with Crippen LogP contribution in [0.25, 0.3) is 0 Å². The SMILES string of the molecule is CN(C)CCNC(=O)c1ccc(C(N)=O)nc1. The lowest BCUT2D eigenvalue weighted by Gasteiger charge is -2.10. The van der Waals surface area contributed by atoms with Gasteiger partial charge in [0.2, 0.25) is 0 Å². The molecule has 0 saturated heterocycles. The van der Waals surface area contributed by atoms with E-state index in [0.717, 1.165) is 6.54 Å². The van der Waals surface area contributed by atoms with E-state index in [2.05, 4.69) is 10.3 Å². The van der Waals surface area contributed by atoms with Gasteiger partial charge in [-0.3, -0.25) is 14.6 Å². The Hall–Kier alpha value is -1.95. The third kappa shape index (κ3) is 4.20. The summed E-state index contributed by atoms with van der Waals surface area (Å²) in [7, 11) is 3.85. The van der Waals surface area contributed by atoms with Gasteiger partial charge in [-0.15, -0.1) is 0 Å². The van der Waals surface area contributed by atoms with Crippen molar-refractivity contribution in [1.82, 2.24) is 15.2 Å². The maximum atomic E-state index is 11.6. The summed E-state index contributed by atoms with van der Waals surface area (Å²) in [6.45, 7) is 1.32. The van der Waals surface area contributed by atoms with Crippen LogP contribution in [-0.4, -0.2) is 48.9 Å². The van der Waals surface area contributed by atoms with Crippen LogP contribution in [0, 0.1) is 0 Å². The van der Waals surface area contributed by atoms with E-state index in [1.807, 2.05) is 19.0 Å². The fraction of sp³-hybridized carbons (Fsp3) is 0.364. The molecule has 0 saturated carbocycles. The van der Waals surface area contributed by atoms with Crippen LogP contribution >= 0.6 is 0 Å². The van der Waals surface area contributed by atoms with E-state index in [-0.39, 0.29) is 11.6 Å². The molecule has 92 valence electrons. The van der Waals surface area contributed by atoms with Gasteiger partial charge in [-0.05, 0) is 26.2 Å². The molecule has 1 aromatic rings. The molecule has 0 aromatic carbocycles. The molecule has 6 nitrogen and oxygen atoms in total. The van der Waals surface area contributed by atoms with Crippen LogP contribution < -0.4 is 11.1 Å². The fourth-order valence-electron chi connectivity index (χ4n) is 1.17. The summed E-state index contributed by atoms with van der Waals surface area (Å²) < 4.78 is 0. The van der Waals surface area contributed by atoms with Crippen LogP contribution in [-0.2, 0) is 0 Å². The highest BCUT2D eigenvalue weighted by Crippen LogP contribution is 1.99. The van der Waals surface area contributed by atoms with Crippen molar-refractivity contribution in [2.24, 2.45) is 5.73 Å². The zero-order valence-corrected chi connectivity index (χ0v) is 9.93. The smallest absolute Gasteiger partial charge is 0.267 e. The Morgan fingerprint density at radius 2 is 2.12 bits per heavy atom. The number of hydrogen-bond acceptors (Lipinski definition) is 4. The number of pyridine rings is 1. The Bertz CT molecular complexity index is 400. The largest absolute Gasteiger partial charge is 0.364 e. The lowest BCUT2D eigenvalue weighted by Crippen LogP contribution is -2.31. The maximum absolute atomic E-state index is 11.6. The molecule has 3 N–H and O–H groups in total. The summed E-state index contributed by atoms with van der Waals surface area (Å²) in [6.07, 6.45) is 1.34. The van der Waals surface area contributed by atoms with Crippen molar-refractivity contribution in [3.63, 3.8) is 0 Å². The molecule has 0 atom stereocenters. The number of primary amides is 1. The van der Waals surface area contributed by atoms with Gasteiger partial charge >= 0.3 is 0 Å². The Morgan fingerprint density at radius 3 is 2.59 bits per heavy atom. The third-order valence-electron chi connectivity index (χ3n) is 2.12. The van der Waals surface area contributed by atoms with Gasteiger partial charge < -0.3 is 16.0 Å². The molecule has 0 unspecified atom stereocenters. The van der Waals surface area contributed by atoms with Crippen LogP contribution in [0.2, 0.25) is 0 Å². The van der Waals surface area contributed by atoms with Crippen molar-refractivity contribution >= 4 is 11.8 Å². The molecule has 0 fully saturated rings. The van der Waals surface area contributed by atoms with E-state index >= 15 is 0 Å². The van der Waals surface area contributed by atoms with Crippen molar-refractivity contribution in [2.45, 2.75) is 0 Å². The quantitative estimate of drug-likeness (QED) is 0.719. The molecule has 1 rings (SSSR count). The molecule has 0 aliphatic heterocycles. The minimum Gasteiger partial charge on any atom is -0.364 e. The summed E-state index contributed by atoms with van der Waals surface area (Å²) in [5, 5.41) is 2.74. The molecular weight excluding hydrogens is 220 g/mol. The summed E-state index contributed by atoms with van der Waals surface area (Å²) in [5.74, 6) is -0.820. The lowest BCUT2D eigenvalue weighted by molar-refractivity contribution is 0.0947. The number of nitrogens with two attached hydrogens (primary N) is 1. The predicted octanol–water partition coefficient (Wildman–Crippen LogP) is -0.528. The summed E-state index contributed by atoms with van der Waals surface area (Å²) in [6, 6.07) is 2.96. The van der Waals surface area contributed by atoms with Crippen molar-refractivity contribution in [3.05, 3.63) is 29.6 Å². The Balaban J connectivity index is 2.55. The molecule has 0 radical (unpaired) electrons. The van der Waals surface area contributed by atoms with Gasteiger partial charge in [0.05, 0.1) is 5.56 Å². The van der Waals surface area contributed by atoms with Crippen molar-refractivity contribution < 1.29 is 9.59 Å². The molecule has 17 heavy (non-hydrogen) atoms. The average Bonchev–Trinajstić information content (AvgIpc) is 2.28. The molecule has 2 amide bonds. The normalized spacial score (nSPS) is 10.3. The van der Waals surface area contributed by atoms with E-state index in [4.69, 9.17) is 5.73 Å². The predicted molar refractivity (Wildman–Crippen MR) is 63.6 cm³/mol. The number of amides is 2. The van der Waals surface area contributed by atoms with Crippen LogP contribution in [0.5, 0.6) is 0 Å². The van der Waals surface area contributed by atoms with Crippen LogP contribution in [0.15, 0.2) is 18.3 Å². The number of rotatable bonds is 5.